The fourth-order valence-corrected chi connectivity index (χ4v) is 18.8. The molecular formula is C80H99N10O22P. The minimum Gasteiger partial charge on any atom is -0.445 e. The molecule has 606 valence electrons. The van der Waals surface area contributed by atoms with Gasteiger partial charge in [0.05, 0.1) is 108 Å². The highest BCUT2D eigenvalue weighted by Gasteiger charge is 3.05. The molecule has 5 aromatic carbocycles. The summed E-state index contributed by atoms with van der Waals surface area (Å²) in [5.74, 6) is -1.50. The molecule has 0 spiro atoms. The summed E-state index contributed by atoms with van der Waals surface area (Å²) < 4.78 is 62.2. The molecule has 0 radical (unpaired) electrons. The zero-order valence-electron chi connectivity index (χ0n) is 64.0. The van der Waals surface area contributed by atoms with Crippen molar-refractivity contribution >= 4 is 106 Å². The second-order valence-electron chi connectivity index (χ2n) is 30.4. The number of phosphoric acid groups is 1. The summed E-state index contributed by atoms with van der Waals surface area (Å²) >= 11 is 0. The van der Waals surface area contributed by atoms with Crippen LogP contribution in [-0.2, 0) is 84.3 Å². The summed E-state index contributed by atoms with van der Waals surface area (Å²) in [6, 6.07) is 22.0. The quantitative estimate of drug-likeness (QED) is 0.0131. The van der Waals surface area contributed by atoms with Crippen LogP contribution in [-0.4, -0.2) is 229 Å². The molecule has 11 amide bonds. The third kappa shape index (κ3) is 16.7. The van der Waals surface area contributed by atoms with E-state index in [9.17, 15) is 52.7 Å². The van der Waals surface area contributed by atoms with Crippen LogP contribution in [0.5, 0.6) is 11.5 Å². The van der Waals surface area contributed by atoms with Crippen LogP contribution in [0, 0.1) is 52.3 Å². The van der Waals surface area contributed by atoms with Crippen LogP contribution >= 0.6 is 7.82 Å². The second-order valence-corrected chi connectivity index (χ2v) is 31.5. The van der Waals surface area contributed by atoms with Gasteiger partial charge in [-0.2, -0.15) is 0 Å². The molecular weight excluding hydrogens is 1480 g/mol. The largest absolute Gasteiger partial charge is 0.524 e. The van der Waals surface area contributed by atoms with Crippen LogP contribution in [0.2, 0.25) is 0 Å². The highest BCUT2D eigenvalue weighted by atomic mass is 31.2. The molecule has 113 heavy (non-hydrogen) atoms. The van der Waals surface area contributed by atoms with Gasteiger partial charge >= 0.3 is 26.0 Å². The number of urea groups is 1. The molecule has 5 aromatic rings. The van der Waals surface area contributed by atoms with Gasteiger partial charge in [0.2, 0.25) is 29.5 Å². The molecule has 0 saturated heterocycles. The Hall–Kier alpha value is -9.63. The maximum absolute atomic E-state index is 15.4. The van der Waals surface area contributed by atoms with Crippen molar-refractivity contribution in [2.75, 3.05) is 148 Å². The number of likely N-dealkylation sites (N-methyl/N-ethyl adjacent to an activating group) is 2. The predicted octanol–water partition coefficient (Wildman–Crippen LogP) is 6.15. The normalized spacial score (nSPS) is 22.7. The Bertz CT molecular complexity index is 4520. The van der Waals surface area contributed by atoms with Gasteiger partial charge in [0, 0.05) is 99.9 Å². The predicted molar refractivity (Wildman–Crippen MR) is 410 cm³/mol. The second kappa shape index (κ2) is 35.0. The van der Waals surface area contributed by atoms with Crippen LogP contribution in [0.3, 0.4) is 0 Å². The lowest BCUT2D eigenvalue weighted by molar-refractivity contribution is -0.289. The first-order chi connectivity index (χ1) is 54.4. The minimum absolute atomic E-state index is 0.0137. The number of nitrogens with zero attached hydrogens (tertiary/aromatic N) is 5. The molecule has 8 aliphatic rings. The average Bonchev–Trinajstić information content (AvgIpc) is 1.38. The minimum atomic E-state index is -4.94. The van der Waals surface area contributed by atoms with Crippen LogP contribution < -0.4 is 46.1 Å². The van der Waals surface area contributed by atoms with Gasteiger partial charge in [-0.25, -0.2) is 18.9 Å². The van der Waals surface area contributed by atoms with Crippen molar-refractivity contribution in [3.8, 4) is 11.5 Å². The molecule has 5 fully saturated rings. The standard InChI is InChI=1S/C80H99N10O22P/c1-6-49-45-90(59-43-61(112-113(101,102)103)54-14-9-10-15-55(54)65(49)59)74(96)79-44-56-67(79)66-68(79)70-69(66)80(56,70)75(97)88-26-23-52-51-12-7-8-13-53(51)60(42-58(52)88)111-78(100)87(5)28-27-86(4)77(99)110-46-48-17-19-50(20-18-48)83-72(94)57(16-11-25-82-76(81)98)84-73(95)71(47(2)3)85-62(91)24-30-104-32-34-106-36-38-108-40-41-109-39-37-107-35-33-105-31-29-89-63(92)21-22-64(89)93/h7-10,12-15,17-22,42-43,47,49,56-57,66-71H,6,11,16,23-41,44-46H2,1-5H3,(H,83,94)(H,84,95)(H,85,91)(H3,81,82,98)(H2,101,102,103)/t49?,56?,57-,66?,67?,68?,69?,70?,71-,79?,80?/m0/s1. The van der Waals surface area contributed by atoms with Crippen LogP contribution in [0.1, 0.15) is 75.5 Å². The van der Waals surface area contributed by atoms with Gasteiger partial charge in [0.25, 0.3) is 11.8 Å². The lowest BCUT2D eigenvalue weighted by Crippen LogP contribution is -2.79. The number of anilines is 3. The summed E-state index contributed by atoms with van der Waals surface area (Å²) in [4.78, 5) is 161. The van der Waals surface area contributed by atoms with E-state index in [2.05, 4.69) is 28.2 Å². The number of rotatable bonds is 42. The van der Waals surface area contributed by atoms with Crippen LogP contribution in [0.4, 0.5) is 31.4 Å². The molecule has 0 aromatic heterocycles. The van der Waals surface area contributed by atoms with Gasteiger partial charge in [0.1, 0.15) is 30.2 Å². The van der Waals surface area contributed by atoms with Gasteiger partial charge in [0.15, 0.2) is 0 Å². The molecule has 13 rings (SSSR count). The summed E-state index contributed by atoms with van der Waals surface area (Å²) in [6.45, 7) is 10.3. The van der Waals surface area contributed by atoms with Crippen molar-refractivity contribution in [2.24, 2.45) is 58.0 Å². The van der Waals surface area contributed by atoms with Gasteiger partial charge in [-0.15, -0.1) is 0 Å². The molecule has 5 aliphatic carbocycles. The smallest absolute Gasteiger partial charge is 0.445 e. The first-order valence-corrected chi connectivity index (χ1v) is 40.2. The van der Waals surface area contributed by atoms with E-state index in [1.165, 1.54) is 29.0 Å². The van der Waals surface area contributed by atoms with Crippen molar-refractivity contribution in [2.45, 2.75) is 83.9 Å². The van der Waals surface area contributed by atoms with E-state index in [1.54, 1.807) is 69.4 Å². The maximum atomic E-state index is 15.4. The molecule has 3 heterocycles. The van der Waals surface area contributed by atoms with Crippen molar-refractivity contribution in [3.63, 3.8) is 0 Å². The number of amides is 11. The van der Waals surface area contributed by atoms with Crippen molar-refractivity contribution in [3.05, 3.63) is 114 Å². The number of hydrogen-bond donors (Lipinski definition) is 7. The Kier molecular flexibility index (Phi) is 25.2. The SMILES string of the molecule is CCC1CN(C(=O)C23CC4C2C2C3C3C2C43C(=O)N2CCc3c2cc(OC(=O)N(C)CCN(C)C(=O)OCc2ccc(NC(=O)[C@H](CCCNC(N)=O)NC(=O)[C@@H](NC(=O)CCOCCOCCOCCOCCOCCOCCN4C(=O)C=CC4=O)C(C)C)cc2)c2ccccc32)c2cc(OP(=O)(O)O)c3ccccc3c21. The number of fused-ring (bicyclic) bond motifs is 10. The van der Waals surface area contributed by atoms with Crippen molar-refractivity contribution in [1.82, 2.24) is 30.7 Å². The summed E-state index contributed by atoms with van der Waals surface area (Å²) in [5.41, 5.74) is 8.35. The first-order valence-electron chi connectivity index (χ1n) is 38.7. The number of hydrogen-bond acceptors (Lipinski definition) is 20. The van der Waals surface area contributed by atoms with Crippen LogP contribution in [0.15, 0.2) is 97.1 Å². The van der Waals surface area contributed by atoms with Gasteiger partial charge in [-0.1, -0.05) is 81.4 Å². The van der Waals surface area contributed by atoms with E-state index >= 15 is 9.59 Å². The van der Waals surface area contributed by atoms with E-state index in [0.29, 0.717) is 112 Å². The van der Waals surface area contributed by atoms with Crippen molar-refractivity contribution < 1.29 is 105 Å². The van der Waals surface area contributed by atoms with E-state index in [1.807, 2.05) is 46.2 Å². The number of ether oxygens (including phenoxy) is 8. The summed E-state index contributed by atoms with van der Waals surface area (Å²) in [7, 11) is -1.84. The number of imide groups is 1. The Balaban J connectivity index is 0.521. The van der Waals surface area contributed by atoms with E-state index in [-0.39, 0.29) is 161 Å². The third-order valence-corrected chi connectivity index (χ3v) is 24.0. The van der Waals surface area contributed by atoms with Crippen LogP contribution in [0.25, 0.3) is 21.5 Å². The maximum Gasteiger partial charge on any atom is 0.524 e. The number of carbonyl (C=O) groups excluding carboxylic acids is 10. The highest BCUT2D eigenvalue weighted by molar-refractivity contribution is 7.46. The highest BCUT2D eigenvalue weighted by Crippen LogP contribution is 3.03. The monoisotopic (exact) mass is 1580 g/mol. The molecule has 11 atom stereocenters. The first kappa shape index (κ1) is 81.4. The summed E-state index contributed by atoms with van der Waals surface area (Å²) in [5, 5.41) is 13.8. The van der Waals surface area contributed by atoms with E-state index in [4.69, 9.17) is 48.2 Å². The lowest BCUT2D eigenvalue weighted by Gasteiger charge is -2.77. The number of nitrogens with two attached hydrogens (primary N) is 1. The Morgan fingerprint density at radius 2 is 1.25 bits per heavy atom. The lowest BCUT2D eigenvalue weighted by atomic mass is 9.26. The van der Waals surface area contributed by atoms with Crippen molar-refractivity contribution in [1.29, 1.82) is 0 Å². The number of primary amides is 1. The van der Waals surface area contributed by atoms with Gasteiger partial charge in [-0.05, 0) is 113 Å². The van der Waals surface area contributed by atoms with Gasteiger partial charge < -0.3 is 89.0 Å². The fourth-order valence-electron chi connectivity index (χ4n) is 18.4. The van der Waals surface area contributed by atoms with E-state index < -0.39 is 66.7 Å². The number of benzene rings is 5. The number of phosphoric ester groups is 1. The van der Waals surface area contributed by atoms with Gasteiger partial charge in [-0.3, -0.25) is 48.2 Å². The molecule has 5 saturated carbocycles. The Labute approximate surface area is 653 Å². The van der Waals surface area contributed by atoms with E-state index in [0.717, 1.165) is 33.2 Å². The molecule has 9 unspecified atom stereocenters. The molecule has 0 bridgehead atoms. The average molecular weight is 1580 g/mol. The summed E-state index contributed by atoms with van der Waals surface area (Å²) in [6.07, 6.45) is 3.38. The fraction of sp³-hybridized carbons (Fsp3) is 0.525. The molecule has 32 nitrogen and oxygen atoms in total. The zero-order valence-corrected chi connectivity index (χ0v) is 64.9. The number of carbonyl (C=O) groups is 10. The topological polar surface area (TPSA) is 402 Å². The molecule has 8 N–H and O–H groups in total. The Morgan fingerprint density at radius 1 is 0.664 bits per heavy atom. The third-order valence-electron chi connectivity index (χ3n) is 23.6. The molecule has 3 aliphatic heterocycles. The Morgan fingerprint density at radius 3 is 1.84 bits per heavy atom. The zero-order chi connectivity index (χ0) is 80.0. The number of nitrogens with one attached hydrogen (secondary N) is 4. The molecule has 33 heteroatoms.